The monoisotopic (exact) mass is 277 g/mol. The molecule has 0 aliphatic heterocycles. The van der Waals surface area contributed by atoms with Crippen LogP contribution in [0.25, 0.3) is 11.3 Å². The third kappa shape index (κ3) is 3.20. The van der Waals surface area contributed by atoms with Crippen LogP contribution in [0.15, 0.2) is 30.3 Å². The van der Waals surface area contributed by atoms with Crippen LogP contribution in [0.5, 0.6) is 0 Å². The van der Waals surface area contributed by atoms with E-state index in [1.165, 1.54) is 0 Å². The highest BCUT2D eigenvalue weighted by molar-refractivity contribution is 6.29. The maximum absolute atomic E-state index is 11.5. The Hall–Kier alpha value is -2.14. The van der Waals surface area contributed by atoms with Gasteiger partial charge in [0.25, 0.3) is 0 Å². The second-order valence-corrected chi connectivity index (χ2v) is 4.12. The number of esters is 1. The second kappa shape index (κ2) is 5.67. The Labute approximate surface area is 115 Å². The molecule has 0 fully saturated rings. The van der Waals surface area contributed by atoms with Crippen molar-refractivity contribution in [1.82, 2.24) is 9.97 Å². The van der Waals surface area contributed by atoms with E-state index < -0.39 is 0 Å². The van der Waals surface area contributed by atoms with Gasteiger partial charge in [-0.25, -0.2) is 14.8 Å². The van der Waals surface area contributed by atoms with Gasteiger partial charge in [0.05, 0.1) is 17.9 Å². The van der Waals surface area contributed by atoms with Gasteiger partial charge >= 0.3 is 5.97 Å². The Kier molecular flexibility index (Phi) is 3.97. The van der Waals surface area contributed by atoms with E-state index in [9.17, 15) is 4.79 Å². The number of hydrogen-bond donors (Lipinski definition) is 1. The van der Waals surface area contributed by atoms with Crippen LogP contribution < -0.4 is 5.73 Å². The number of carbonyl (C=O) groups is 1. The molecule has 0 atom stereocenters. The topological polar surface area (TPSA) is 78.1 Å². The van der Waals surface area contributed by atoms with Crippen LogP contribution in [-0.2, 0) is 4.74 Å². The number of nitrogens with two attached hydrogens (primary N) is 1. The first-order chi connectivity index (χ1) is 9.10. The SMILES string of the molecule is CCOC(=O)c1ccc(-c2cc(Cl)nc(N)n2)cc1. The fourth-order valence-electron chi connectivity index (χ4n) is 1.57. The van der Waals surface area contributed by atoms with Crippen LogP contribution >= 0.6 is 11.6 Å². The number of benzene rings is 1. The van der Waals surface area contributed by atoms with E-state index in [2.05, 4.69) is 9.97 Å². The van der Waals surface area contributed by atoms with E-state index in [4.69, 9.17) is 22.1 Å². The molecular weight excluding hydrogens is 266 g/mol. The first kappa shape index (κ1) is 13.3. The predicted molar refractivity (Wildman–Crippen MR) is 72.8 cm³/mol. The second-order valence-electron chi connectivity index (χ2n) is 3.73. The zero-order valence-corrected chi connectivity index (χ0v) is 11.0. The Bertz CT molecular complexity index is 579. The molecule has 0 aliphatic carbocycles. The minimum atomic E-state index is -0.353. The number of nitrogen functional groups attached to an aromatic ring is 1. The number of carbonyl (C=O) groups excluding carboxylic acids is 1. The molecule has 2 N–H and O–H groups in total. The zero-order valence-electron chi connectivity index (χ0n) is 10.3. The molecule has 0 saturated carbocycles. The number of anilines is 1. The van der Waals surface area contributed by atoms with Crippen molar-refractivity contribution in [3.63, 3.8) is 0 Å². The molecule has 0 unspecified atom stereocenters. The molecule has 1 heterocycles. The highest BCUT2D eigenvalue weighted by atomic mass is 35.5. The number of rotatable bonds is 3. The number of hydrogen-bond acceptors (Lipinski definition) is 5. The van der Waals surface area contributed by atoms with Crippen molar-refractivity contribution in [3.05, 3.63) is 41.0 Å². The lowest BCUT2D eigenvalue weighted by molar-refractivity contribution is 0.0526. The summed E-state index contributed by atoms with van der Waals surface area (Å²) in [5, 5.41) is 0.275. The van der Waals surface area contributed by atoms with Crippen molar-refractivity contribution in [2.45, 2.75) is 6.92 Å². The Morgan fingerprint density at radius 1 is 1.32 bits per heavy atom. The van der Waals surface area contributed by atoms with E-state index in [1.54, 1.807) is 37.3 Å². The van der Waals surface area contributed by atoms with E-state index in [0.29, 0.717) is 17.9 Å². The van der Waals surface area contributed by atoms with Gasteiger partial charge in [0.1, 0.15) is 5.15 Å². The van der Waals surface area contributed by atoms with Crippen molar-refractivity contribution >= 4 is 23.5 Å². The van der Waals surface area contributed by atoms with Crippen molar-refractivity contribution in [2.75, 3.05) is 12.3 Å². The molecule has 0 radical (unpaired) electrons. The average Bonchev–Trinajstić information content (AvgIpc) is 2.38. The van der Waals surface area contributed by atoms with E-state index in [-0.39, 0.29) is 17.1 Å². The molecule has 0 aliphatic rings. The van der Waals surface area contributed by atoms with Crippen LogP contribution in [0.2, 0.25) is 5.15 Å². The summed E-state index contributed by atoms with van der Waals surface area (Å²) in [6.45, 7) is 2.11. The molecule has 2 aromatic rings. The predicted octanol–water partition coefficient (Wildman–Crippen LogP) is 2.56. The van der Waals surface area contributed by atoms with Gasteiger partial charge in [0.2, 0.25) is 5.95 Å². The van der Waals surface area contributed by atoms with E-state index >= 15 is 0 Å². The highest BCUT2D eigenvalue weighted by Gasteiger charge is 2.08. The zero-order chi connectivity index (χ0) is 13.8. The van der Waals surface area contributed by atoms with Crippen molar-refractivity contribution in [1.29, 1.82) is 0 Å². The molecule has 1 aromatic heterocycles. The molecule has 0 amide bonds. The minimum absolute atomic E-state index is 0.108. The van der Waals surface area contributed by atoms with Crippen molar-refractivity contribution in [2.24, 2.45) is 0 Å². The van der Waals surface area contributed by atoms with Gasteiger partial charge in [-0.1, -0.05) is 23.7 Å². The molecule has 0 bridgehead atoms. The summed E-state index contributed by atoms with van der Waals surface area (Å²) in [6, 6.07) is 8.45. The van der Waals surface area contributed by atoms with Gasteiger partial charge in [-0.05, 0) is 19.1 Å². The number of halogens is 1. The Balaban J connectivity index is 2.29. The Morgan fingerprint density at radius 3 is 2.58 bits per heavy atom. The smallest absolute Gasteiger partial charge is 0.338 e. The quantitative estimate of drug-likeness (QED) is 0.689. The number of ether oxygens (including phenoxy) is 1. The summed E-state index contributed by atoms with van der Waals surface area (Å²) in [5.41, 5.74) is 7.42. The van der Waals surface area contributed by atoms with Gasteiger partial charge in [0.15, 0.2) is 0 Å². The van der Waals surface area contributed by atoms with Crippen molar-refractivity contribution in [3.8, 4) is 11.3 Å². The summed E-state index contributed by atoms with van der Waals surface area (Å²) in [7, 11) is 0. The molecule has 6 heteroatoms. The van der Waals surface area contributed by atoms with E-state index in [1.807, 2.05) is 0 Å². The molecule has 0 saturated heterocycles. The number of nitrogens with zero attached hydrogens (tertiary/aromatic N) is 2. The summed E-state index contributed by atoms with van der Waals surface area (Å²) in [4.78, 5) is 19.4. The summed E-state index contributed by atoms with van der Waals surface area (Å²) >= 11 is 5.82. The molecule has 2 rings (SSSR count). The van der Waals surface area contributed by atoms with Crippen LogP contribution in [-0.4, -0.2) is 22.5 Å². The largest absolute Gasteiger partial charge is 0.462 e. The fraction of sp³-hybridized carbons (Fsp3) is 0.154. The molecular formula is C13H12ClN3O2. The molecule has 1 aromatic carbocycles. The lowest BCUT2D eigenvalue weighted by Crippen LogP contribution is -2.04. The summed E-state index contributed by atoms with van der Waals surface area (Å²) < 4.78 is 4.91. The average molecular weight is 278 g/mol. The first-order valence-corrected chi connectivity index (χ1v) is 6.05. The van der Waals surface area contributed by atoms with Crippen LogP contribution in [0.1, 0.15) is 17.3 Å². The minimum Gasteiger partial charge on any atom is -0.462 e. The molecule has 98 valence electrons. The third-order valence-electron chi connectivity index (χ3n) is 2.40. The highest BCUT2D eigenvalue weighted by Crippen LogP contribution is 2.21. The van der Waals surface area contributed by atoms with Gasteiger partial charge in [-0.15, -0.1) is 0 Å². The first-order valence-electron chi connectivity index (χ1n) is 5.67. The normalized spacial score (nSPS) is 10.2. The van der Waals surface area contributed by atoms with Gasteiger partial charge in [0, 0.05) is 11.6 Å². The van der Waals surface area contributed by atoms with Crippen LogP contribution in [0.3, 0.4) is 0 Å². The standard InChI is InChI=1S/C13H12ClN3O2/c1-2-19-12(18)9-5-3-8(4-6-9)10-7-11(14)17-13(15)16-10/h3-7H,2H2,1H3,(H2,15,16,17). The summed E-state index contributed by atoms with van der Waals surface area (Å²) in [6.07, 6.45) is 0. The van der Waals surface area contributed by atoms with Gasteiger partial charge in [-0.2, -0.15) is 0 Å². The third-order valence-corrected chi connectivity index (χ3v) is 2.60. The lowest BCUT2D eigenvalue weighted by Gasteiger charge is -2.04. The lowest BCUT2D eigenvalue weighted by atomic mass is 10.1. The van der Waals surface area contributed by atoms with Crippen molar-refractivity contribution < 1.29 is 9.53 Å². The van der Waals surface area contributed by atoms with Crippen LogP contribution in [0.4, 0.5) is 5.95 Å². The van der Waals surface area contributed by atoms with Gasteiger partial charge < -0.3 is 10.5 Å². The Morgan fingerprint density at radius 2 is 2.00 bits per heavy atom. The maximum Gasteiger partial charge on any atom is 0.338 e. The number of aromatic nitrogens is 2. The molecule has 5 nitrogen and oxygen atoms in total. The molecule has 0 spiro atoms. The fourth-order valence-corrected chi connectivity index (χ4v) is 1.76. The van der Waals surface area contributed by atoms with E-state index in [0.717, 1.165) is 5.56 Å². The summed E-state index contributed by atoms with van der Waals surface area (Å²) in [5.74, 6) is -0.244. The van der Waals surface area contributed by atoms with Crippen LogP contribution in [0, 0.1) is 0 Å². The molecule has 19 heavy (non-hydrogen) atoms. The maximum atomic E-state index is 11.5. The van der Waals surface area contributed by atoms with Gasteiger partial charge in [-0.3, -0.25) is 0 Å².